The number of aromatic nitrogens is 1. The summed E-state index contributed by atoms with van der Waals surface area (Å²) in [6.45, 7) is 3.70. The standard InChI is InChI=1S/C23H26ClN5O2/c1-23(8-10-29(11-9-23)20-7-5-18(24)12-17(20)13-25)22(31)27-15-16-4-6-19(26-14-16)21(30)28(2)3/h4-7,12,14H,8-11,15H2,1-3H3,(H,27,31). The zero-order chi connectivity index (χ0) is 22.6. The first-order valence-corrected chi connectivity index (χ1v) is 10.5. The van der Waals surface area contributed by atoms with Crippen LogP contribution in [-0.2, 0) is 11.3 Å². The fourth-order valence-corrected chi connectivity index (χ4v) is 3.79. The summed E-state index contributed by atoms with van der Waals surface area (Å²) < 4.78 is 0. The second-order valence-corrected chi connectivity index (χ2v) is 8.69. The van der Waals surface area contributed by atoms with Crippen molar-refractivity contribution in [2.45, 2.75) is 26.3 Å². The first kappa shape index (κ1) is 22.6. The number of hydrogen-bond acceptors (Lipinski definition) is 5. The van der Waals surface area contributed by atoms with Crippen molar-refractivity contribution in [3.05, 3.63) is 58.4 Å². The van der Waals surface area contributed by atoms with E-state index in [0.29, 0.717) is 48.8 Å². The average molecular weight is 440 g/mol. The van der Waals surface area contributed by atoms with E-state index in [1.807, 2.05) is 13.0 Å². The molecule has 0 bridgehead atoms. The fraction of sp³-hybridized carbons (Fsp3) is 0.391. The monoisotopic (exact) mass is 439 g/mol. The van der Waals surface area contributed by atoms with Crippen LogP contribution in [0.5, 0.6) is 0 Å². The molecule has 31 heavy (non-hydrogen) atoms. The lowest BCUT2D eigenvalue weighted by atomic mass is 9.79. The predicted molar refractivity (Wildman–Crippen MR) is 120 cm³/mol. The van der Waals surface area contributed by atoms with Crippen molar-refractivity contribution in [1.29, 1.82) is 5.26 Å². The molecule has 0 aliphatic carbocycles. The van der Waals surface area contributed by atoms with Gasteiger partial charge in [-0.25, -0.2) is 0 Å². The Morgan fingerprint density at radius 2 is 1.97 bits per heavy atom. The third kappa shape index (κ3) is 5.15. The van der Waals surface area contributed by atoms with Crippen LogP contribution in [0.2, 0.25) is 5.02 Å². The number of halogens is 1. The van der Waals surface area contributed by atoms with Crippen molar-refractivity contribution in [2.75, 3.05) is 32.1 Å². The number of rotatable bonds is 5. The number of nitrogens with one attached hydrogen (secondary N) is 1. The van der Waals surface area contributed by atoms with Gasteiger partial charge in [0.15, 0.2) is 0 Å². The molecule has 0 spiro atoms. The zero-order valence-electron chi connectivity index (χ0n) is 18.0. The highest BCUT2D eigenvalue weighted by atomic mass is 35.5. The third-order valence-electron chi connectivity index (χ3n) is 5.74. The van der Waals surface area contributed by atoms with Crippen molar-refractivity contribution in [1.82, 2.24) is 15.2 Å². The van der Waals surface area contributed by atoms with Gasteiger partial charge in [0, 0.05) is 50.4 Å². The smallest absolute Gasteiger partial charge is 0.271 e. The van der Waals surface area contributed by atoms with E-state index in [9.17, 15) is 14.9 Å². The van der Waals surface area contributed by atoms with Gasteiger partial charge in [-0.05, 0) is 42.7 Å². The van der Waals surface area contributed by atoms with Gasteiger partial charge >= 0.3 is 0 Å². The maximum atomic E-state index is 12.9. The Bertz CT molecular complexity index is 1010. The van der Waals surface area contributed by atoms with Crippen LogP contribution in [0.25, 0.3) is 0 Å². The Labute approximate surface area is 187 Å². The Kier molecular flexibility index (Phi) is 6.81. The van der Waals surface area contributed by atoms with E-state index >= 15 is 0 Å². The number of nitrogens with zero attached hydrogens (tertiary/aromatic N) is 4. The van der Waals surface area contributed by atoms with Crippen LogP contribution in [0.1, 0.15) is 41.4 Å². The van der Waals surface area contributed by atoms with Crippen molar-refractivity contribution in [2.24, 2.45) is 5.41 Å². The molecule has 1 aliphatic rings. The van der Waals surface area contributed by atoms with E-state index < -0.39 is 5.41 Å². The van der Waals surface area contributed by atoms with Crippen LogP contribution in [0.3, 0.4) is 0 Å². The van der Waals surface area contributed by atoms with E-state index in [1.54, 1.807) is 44.6 Å². The Morgan fingerprint density at radius 3 is 2.55 bits per heavy atom. The molecule has 1 aromatic carbocycles. The molecular weight excluding hydrogens is 414 g/mol. The molecule has 8 heteroatoms. The van der Waals surface area contributed by atoms with Crippen molar-refractivity contribution in [3.63, 3.8) is 0 Å². The van der Waals surface area contributed by atoms with Crippen molar-refractivity contribution < 1.29 is 9.59 Å². The molecule has 1 fully saturated rings. The molecule has 0 unspecified atom stereocenters. The van der Waals surface area contributed by atoms with Gasteiger partial charge < -0.3 is 15.1 Å². The van der Waals surface area contributed by atoms with Gasteiger partial charge in [-0.15, -0.1) is 0 Å². The third-order valence-corrected chi connectivity index (χ3v) is 5.97. The van der Waals surface area contributed by atoms with Crippen LogP contribution in [0, 0.1) is 16.7 Å². The lowest BCUT2D eigenvalue weighted by Crippen LogP contribution is -2.47. The highest BCUT2D eigenvalue weighted by molar-refractivity contribution is 6.30. The van der Waals surface area contributed by atoms with Gasteiger partial charge in [0.25, 0.3) is 5.91 Å². The largest absolute Gasteiger partial charge is 0.370 e. The molecule has 162 valence electrons. The average Bonchev–Trinajstić information content (AvgIpc) is 2.77. The van der Waals surface area contributed by atoms with Crippen LogP contribution in [-0.4, -0.2) is 48.9 Å². The summed E-state index contributed by atoms with van der Waals surface area (Å²) in [7, 11) is 3.36. The number of anilines is 1. The topological polar surface area (TPSA) is 89.3 Å². The number of nitriles is 1. The molecule has 1 aliphatic heterocycles. The minimum atomic E-state index is -0.482. The van der Waals surface area contributed by atoms with Crippen LogP contribution >= 0.6 is 11.6 Å². The molecule has 0 atom stereocenters. The molecule has 2 aromatic rings. The molecular formula is C23H26ClN5O2. The lowest BCUT2D eigenvalue weighted by molar-refractivity contribution is -0.131. The summed E-state index contributed by atoms with van der Waals surface area (Å²) in [5.41, 5.74) is 2.13. The summed E-state index contributed by atoms with van der Waals surface area (Å²) in [4.78, 5) is 32.6. The Balaban J connectivity index is 1.57. The maximum absolute atomic E-state index is 12.9. The van der Waals surface area contributed by atoms with E-state index in [0.717, 1.165) is 11.3 Å². The fourth-order valence-electron chi connectivity index (χ4n) is 3.62. The molecule has 1 N–H and O–H groups in total. The molecule has 1 aromatic heterocycles. The van der Waals surface area contributed by atoms with Crippen LogP contribution in [0.15, 0.2) is 36.5 Å². The molecule has 2 heterocycles. The van der Waals surface area contributed by atoms with E-state index in [1.165, 1.54) is 4.90 Å². The summed E-state index contributed by atoms with van der Waals surface area (Å²) in [6, 6.07) is 11.0. The second kappa shape index (κ2) is 9.36. The molecule has 2 amide bonds. The van der Waals surface area contributed by atoms with Crippen LogP contribution < -0.4 is 10.2 Å². The van der Waals surface area contributed by atoms with E-state index in [2.05, 4.69) is 21.3 Å². The van der Waals surface area contributed by atoms with E-state index in [-0.39, 0.29) is 11.8 Å². The van der Waals surface area contributed by atoms with Gasteiger partial charge in [0.2, 0.25) is 5.91 Å². The summed E-state index contributed by atoms with van der Waals surface area (Å²) in [6.07, 6.45) is 2.98. The summed E-state index contributed by atoms with van der Waals surface area (Å²) in [5, 5.41) is 12.9. The number of benzene rings is 1. The number of hydrogen-bond donors (Lipinski definition) is 1. The normalized spacial score (nSPS) is 15.1. The quantitative estimate of drug-likeness (QED) is 0.772. The van der Waals surface area contributed by atoms with Crippen LogP contribution in [0.4, 0.5) is 5.69 Å². The first-order valence-electron chi connectivity index (χ1n) is 10.1. The minimum Gasteiger partial charge on any atom is -0.370 e. The molecule has 1 saturated heterocycles. The van der Waals surface area contributed by atoms with Crippen molar-refractivity contribution in [3.8, 4) is 6.07 Å². The van der Waals surface area contributed by atoms with Gasteiger partial charge in [0.1, 0.15) is 11.8 Å². The number of carbonyl (C=O) groups is 2. The number of piperidine rings is 1. The zero-order valence-corrected chi connectivity index (χ0v) is 18.7. The van der Waals surface area contributed by atoms with Gasteiger partial charge in [0.05, 0.1) is 11.3 Å². The molecule has 0 radical (unpaired) electrons. The summed E-state index contributed by atoms with van der Waals surface area (Å²) >= 11 is 6.00. The highest BCUT2D eigenvalue weighted by Crippen LogP contribution is 2.35. The van der Waals surface area contributed by atoms with Gasteiger partial charge in [-0.3, -0.25) is 14.6 Å². The maximum Gasteiger partial charge on any atom is 0.271 e. The summed E-state index contributed by atoms with van der Waals surface area (Å²) in [5.74, 6) is -0.160. The van der Waals surface area contributed by atoms with Crippen molar-refractivity contribution >= 4 is 29.1 Å². The van der Waals surface area contributed by atoms with E-state index in [4.69, 9.17) is 11.6 Å². The van der Waals surface area contributed by atoms with Gasteiger partial charge in [-0.2, -0.15) is 5.26 Å². The Morgan fingerprint density at radius 1 is 1.26 bits per heavy atom. The Hall–Kier alpha value is -3.11. The predicted octanol–water partition coefficient (Wildman–Crippen LogP) is 3.23. The highest BCUT2D eigenvalue weighted by Gasteiger charge is 2.37. The number of pyridine rings is 1. The minimum absolute atomic E-state index is 0.00259. The number of amides is 2. The van der Waals surface area contributed by atoms with Gasteiger partial charge in [-0.1, -0.05) is 24.6 Å². The first-order chi connectivity index (χ1) is 14.7. The lowest BCUT2D eigenvalue weighted by Gasteiger charge is -2.39. The second-order valence-electron chi connectivity index (χ2n) is 8.25. The molecule has 7 nitrogen and oxygen atoms in total. The molecule has 3 rings (SSSR count). The number of carbonyl (C=O) groups excluding carboxylic acids is 2. The SMILES string of the molecule is CN(C)C(=O)c1ccc(CNC(=O)C2(C)CCN(c3ccc(Cl)cc3C#N)CC2)cn1. The molecule has 0 saturated carbocycles.